The number of hydrogen-bond acceptors (Lipinski definition) is 4. The summed E-state index contributed by atoms with van der Waals surface area (Å²) in [6.07, 6.45) is 2.97. The second-order valence-electron chi connectivity index (χ2n) is 5.23. The van der Waals surface area contributed by atoms with Gasteiger partial charge in [-0.05, 0) is 42.8 Å². The smallest absolute Gasteiger partial charge is 0.248 e. The Balaban J connectivity index is 2.21. The monoisotopic (exact) mass is 345 g/mol. The molecule has 2 aromatic carbocycles. The normalized spacial score (nSPS) is 10.6. The molecular weight excluding hydrogens is 325 g/mol. The van der Waals surface area contributed by atoms with Crippen LogP contribution >= 0.6 is 0 Å². The van der Waals surface area contributed by atoms with Gasteiger partial charge in [0.2, 0.25) is 5.91 Å². The van der Waals surface area contributed by atoms with Gasteiger partial charge in [-0.15, -0.1) is 0 Å². The zero-order valence-electron chi connectivity index (χ0n) is 14.6. The van der Waals surface area contributed by atoms with Crippen molar-refractivity contribution < 1.29 is 23.4 Å². The molecule has 0 aliphatic heterocycles. The van der Waals surface area contributed by atoms with E-state index in [0.717, 1.165) is 0 Å². The van der Waals surface area contributed by atoms with Crippen LogP contribution in [0.1, 0.15) is 11.1 Å². The number of aryl methyl sites for hydroxylation is 1. The first-order valence-electron chi connectivity index (χ1n) is 7.53. The van der Waals surface area contributed by atoms with Crippen molar-refractivity contribution in [3.05, 3.63) is 53.4 Å². The molecule has 0 aromatic heterocycles. The van der Waals surface area contributed by atoms with Crippen LogP contribution in [0.25, 0.3) is 6.08 Å². The molecule has 0 saturated heterocycles. The third-order valence-electron chi connectivity index (χ3n) is 3.60. The van der Waals surface area contributed by atoms with Crippen LogP contribution in [0.4, 0.5) is 10.1 Å². The highest BCUT2D eigenvalue weighted by atomic mass is 19.1. The Kier molecular flexibility index (Phi) is 6.00. The molecule has 0 aliphatic rings. The highest BCUT2D eigenvalue weighted by Crippen LogP contribution is 2.35. The van der Waals surface area contributed by atoms with Crippen LogP contribution in [0.5, 0.6) is 17.2 Å². The predicted molar refractivity (Wildman–Crippen MR) is 94.9 cm³/mol. The van der Waals surface area contributed by atoms with E-state index in [1.54, 1.807) is 25.1 Å². The Morgan fingerprint density at radius 1 is 1.00 bits per heavy atom. The van der Waals surface area contributed by atoms with Gasteiger partial charge in [0.1, 0.15) is 11.6 Å². The second-order valence-corrected chi connectivity index (χ2v) is 5.23. The lowest BCUT2D eigenvalue weighted by atomic mass is 10.1. The molecule has 0 bridgehead atoms. The van der Waals surface area contributed by atoms with Gasteiger partial charge in [-0.2, -0.15) is 0 Å². The molecule has 0 saturated carbocycles. The minimum Gasteiger partial charge on any atom is -0.496 e. The molecule has 0 fully saturated rings. The lowest BCUT2D eigenvalue weighted by Crippen LogP contribution is -2.09. The summed E-state index contributed by atoms with van der Waals surface area (Å²) in [4.78, 5) is 12.1. The van der Waals surface area contributed by atoms with E-state index in [2.05, 4.69) is 5.32 Å². The van der Waals surface area contributed by atoms with Crippen molar-refractivity contribution in [2.45, 2.75) is 6.92 Å². The summed E-state index contributed by atoms with van der Waals surface area (Å²) in [7, 11) is 4.59. The van der Waals surface area contributed by atoms with Crippen molar-refractivity contribution in [3.63, 3.8) is 0 Å². The number of hydrogen-bond donors (Lipinski definition) is 1. The SMILES string of the molecule is COc1cc(OC)c(OC)cc1/C=C/C(=O)Nc1ccc(F)cc1C. The Bertz CT molecular complexity index is 802. The van der Waals surface area contributed by atoms with E-state index in [0.29, 0.717) is 34.1 Å². The number of carbonyl (C=O) groups excluding carboxylic acids is 1. The fourth-order valence-electron chi connectivity index (χ4n) is 2.29. The van der Waals surface area contributed by atoms with Crippen molar-refractivity contribution in [1.29, 1.82) is 0 Å². The van der Waals surface area contributed by atoms with E-state index in [9.17, 15) is 9.18 Å². The van der Waals surface area contributed by atoms with E-state index < -0.39 is 0 Å². The highest BCUT2D eigenvalue weighted by molar-refractivity contribution is 6.02. The Labute approximate surface area is 146 Å². The second kappa shape index (κ2) is 8.19. The van der Waals surface area contributed by atoms with Gasteiger partial charge in [0.05, 0.1) is 21.3 Å². The van der Waals surface area contributed by atoms with E-state index in [4.69, 9.17) is 14.2 Å². The lowest BCUT2D eigenvalue weighted by Gasteiger charge is -2.12. The van der Waals surface area contributed by atoms with Crippen LogP contribution in [-0.2, 0) is 4.79 Å². The van der Waals surface area contributed by atoms with Gasteiger partial charge < -0.3 is 19.5 Å². The van der Waals surface area contributed by atoms with E-state index in [-0.39, 0.29) is 11.7 Å². The topological polar surface area (TPSA) is 56.8 Å². The average Bonchev–Trinajstić information content (AvgIpc) is 2.61. The van der Waals surface area contributed by atoms with Crippen molar-refractivity contribution in [2.75, 3.05) is 26.6 Å². The van der Waals surface area contributed by atoms with E-state index in [1.807, 2.05) is 0 Å². The number of anilines is 1. The number of ether oxygens (including phenoxy) is 3. The zero-order valence-corrected chi connectivity index (χ0v) is 14.6. The number of amides is 1. The molecule has 2 rings (SSSR count). The molecule has 5 nitrogen and oxygen atoms in total. The molecule has 132 valence electrons. The van der Waals surface area contributed by atoms with Crippen LogP contribution in [-0.4, -0.2) is 27.2 Å². The van der Waals surface area contributed by atoms with Gasteiger partial charge in [0.15, 0.2) is 11.5 Å². The third kappa shape index (κ3) is 4.50. The number of methoxy groups -OCH3 is 3. The summed E-state index contributed by atoms with van der Waals surface area (Å²) in [5.74, 6) is 0.910. The standard InChI is InChI=1S/C19H20FNO4/c1-12-9-14(20)6-7-15(12)21-19(22)8-5-13-10-17(24-3)18(25-4)11-16(13)23-2/h5-11H,1-4H3,(H,21,22)/b8-5+. The lowest BCUT2D eigenvalue weighted by molar-refractivity contribution is -0.111. The van der Waals surface area contributed by atoms with Crippen molar-refractivity contribution in [1.82, 2.24) is 0 Å². The fraction of sp³-hybridized carbons (Fsp3) is 0.211. The first-order valence-corrected chi connectivity index (χ1v) is 7.53. The van der Waals surface area contributed by atoms with Crippen molar-refractivity contribution >= 4 is 17.7 Å². The van der Waals surface area contributed by atoms with Crippen LogP contribution in [0, 0.1) is 12.7 Å². The number of halogens is 1. The van der Waals surface area contributed by atoms with Crippen LogP contribution < -0.4 is 19.5 Å². The average molecular weight is 345 g/mol. The molecule has 0 spiro atoms. The molecule has 1 N–H and O–H groups in total. The van der Waals surface area contributed by atoms with E-state index in [1.165, 1.54) is 45.6 Å². The van der Waals surface area contributed by atoms with E-state index >= 15 is 0 Å². The van der Waals surface area contributed by atoms with Crippen molar-refractivity contribution in [2.24, 2.45) is 0 Å². The van der Waals surface area contributed by atoms with Gasteiger partial charge in [0, 0.05) is 23.4 Å². The molecule has 1 amide bonds. The maximum absolute atomic E-state index is 13.1. The molecule has 0 unspecified atom stereocenters. The maximum Gasteiger partial charge on any atom is 0.248 e. The minimum atomic E-state index is -0.346. The van der Waals surface area contributed by atoms with Crippen LogP contribution in [0.15, 0.2) is 36.4 Å². The molecule has 25 heavy (non-hydrogen) atoms. The number of rotatable bonds is 6. The molecule has 2 aromatic rings. The highest BCUT2D eigenvalue weighted by Gasteiger charge is 2.10. The first kappa shape index (κ1) is 18.3. The summed E-state index contributed by atoms with van der Waals surface area (Å²) in [5, 5.41) is 2.71. The first-order chi connectivity index (χ1) is 12.0. The fourth-order valence-corrected chi connectivity index (χ4v) is 2.29. The largest absolute Gasteiger partial charge is 0.496 e. The molecular formula is C19H20FNO4. The van der Waals surface area contributed by atoms with Gasteiger partial charge in [-0.25, -0.2) is 4.39 Å². The summed E-state index contributed by atoms with van der Waals surface area (Å²) in [6, 6.07) is 7.57. The zero-order chi connectivity index (χ0) is 18.4. The maximum atomic E-state index is 13.1. The summed E-state index contributed by atoms with van der Waals surface area (Å²) in [5.41, 5.74) is 1.85. The van der Waals surface area contributed by atoms with Gasteiger partial charge >= 0.3 is 0 Å². The van der Waals surface area contributed by atoms with Crippen LogP contribution in [0.2, 0.25) is 0 Å². The molecule has 0 aliphatic carbocycles. The number of carbonyl (C=O) groups is 1. The molecule has 0 heterocycles. The summed E-state index contributed by atoms with van der Waals surface area (Å²) in [6.45, 7) is 1.72. The van der Waals surface area contributed by atoms with Gasteiger partial charge in [-0.1, -0.05) is 0 Å². The molecule has 6 heteroatoms. The van der Waals surface area contributed by atoms with Gasteiger partial charge in [0.25, 0.3) is 0 Å². The van der Waals surface area contributed by atoms with Crippen molar-refractivity contribution in [3.8, 4) is 17.2 Å². The summed E-state index contributed by atoms with van der Waals surface area (Å²) >= 11 is 0. The quantitative estimate of drug-likeness (QED) is 0.809. The molecule has 0 radical (unpaired) electrons. The summed E-state index contributed by atoms with van der Waals surface area (Å²) < 4.78 is 28.9. The Morgan fingerprint density at radius 3 is 2.24 bits per heavy atom. The number of benzene rings is 2. The minimum absolute atomic E-state index is 0.341. The number of nitrogens with one attached hydrogen (secondary N) is 1. The van der Waals surface area contributed by atoms with Gasteiger partial charge in [-0.3, -0.25) is 4.79 Å². The molecule has 0 atom stereocenters. The Hall–Kier alpha value is -3.02. The van der Waals surface area contributed by atoms with Crippen LogP contribution in [0.3, 0.4) is 0 Å². The third-order valence-corrected chi connectivity index (χ3v) is 3.60. The Morgan fingerprint density at radius 2 is 1.64 bits per heavy atom. The predicted octanol–water partition coefficient (Wildman–Crippen LogP) is 3.81.